The van der Waals surface area contributed by atoms with E-state index >= 15 is 0 Å². The Morgan fingerprint density at radius 1 is 1.27 bits per heavy atom. The maximum Gasteiger partial charge on any atom is 0.252 e. The highest BCUT2D eigenvalue weighted by molar-refractivity contribution is 7.98. The van der Waals surface area contributed by atoms with Crippen molar-refractivity contribution in [2.45, 2.75) is 23.6 Å². The van der Waals surface area contributed by atoms with E-state index in [4.69, 9.17) is 23.2 Å². The van der Waals surface area contributed by atoms with Crippen LogP contribution < -0.4 is 5.32 Å². The first-order valence-corrected chi connectivity index (χ1v) is 10.6. The Bertz CT molecular complexity index is 900. The van der Waals surface area contributed by atoms with Crippen LogP contribution in [0.25, 0.3) is 0 Å². The van der Waals surface area contributed by atoms with Crippen LogP contribution in [0.5, 0.6) is 0 Å². The van der Waals surface area contributed by atoms with Crippen molar-refractivity contribution in [1.82, 2.24) is 10.3 Å². The largest absolute Gasteiger partial charge is 0.345 e. The van der Waals surface area contributed by atoms with E-state index in [1.807, 2.05) is 48.1 Å². The summed E-state index contributed by atoms with van der Waals surface area (Å²) in [6.45, 7) is 1.90. The molecule has 0 aliphatic carbocycles. The molecule has 134 valence electrons. The molecule has 0 bridgehead atoms. The first-order chi connectivity index (χ1) is 12.5. The number of nitrogens with zero attached hydrogens (tertiary/aromatic N) is 1. The molecule has 3 aromatic rings. The molecule has 1 amide bonds. The first kappa shape index (κ1) is 19.2. The highest BCUT2D eigenvalue weighted by Gasteiger charge is 2.17. The number of amides is 1. The van der Waals surface area contributed by atoms with Crippen LogP contribution in [0.1, 0.15) is 34.6 Å². The summed E-state index contributed by atoms with van der Waals surface area (Å²) in [5.41, 5.74) is 4.30. The molecular formula is C19H16Cl2N2OS2. The molecule has 1 heterocycles. The minimum atomic E-state index is -0.233. The molecule has 1 N–H and O–H groups in total. The Balaban J connectivity index is 1.73. The lowest BCUT2D eigenvalue weighted by Gasteiger charge is -2.17. The number of hydrogen-bond acceptors (Lipinski definition) is 4. The van der Waals surface area contributed by atoms with Crippen LogP contribution in [-0.4, -0.2) is 10.9 Å². The SMILES string of the molecule is C[C@H](NC(=O)c1ccccc1SCc1cscn1)c1ccc(Cl)cc1Cl. The van der Waals surface area contributed by atoms with Crippen LogP contribution in [0.15, 0.2) is 58.3 Å². The van der Waals surface area contributed by atoms with Crippen molar-refractivity contribution in [1.29, 1.82) is 0 Å². The van der Waals surface area contributed by atoms with E-state index in [9.17, 15) is 4.79 Å². The van der Waals surface area contributed by atoms with Crippen molar-refractivity contribution in [3.8, 4) is 0 Å². The molecule has 7 heteroatoms. The molecule has 3 rings (SSSR count). The van der Waals surface area contributed by atoms with E-state index in [2.05, 4.69) is 10.3 Å². The van der Waals surface area contributed by atoms with Crippen molar-refractivity contribution < 1.29 is 4.79 Å². The minimum Gasteiger partial charge on any atom is -0.345 e. The summed E-state index contributed by atoms with van der Waals surface area (Å²) in [7, 11) is 0. The molecule has 0 spiro atoms. The number of aromatic nitrogens is 1. The molecular weight excluding hydrogens is 407 g/mol. The monoisotopic (exact) mass is 422 g/mol. The molecule has 0 fully saturated rings. The average Bonchev–Trinajstić information content (AvgIpc) is 3.13. The van der Waals surface area contributed by atoms with E-state index in [1.165, 1.54) is 0 Å². The summed E-state index contributed by atoms with van der Waals surface area (Å²) in [5, 5.41) is 6.14. The molecule has 1 atom stereocenters. The maximum atomic E-state index is 12.8. The van der Waals surface area contributed by atoms with E-state index < -0.39 is 0 Å². The summed E-state index contributed by atoms with van der Waals surface area (Å²) in [4.78, 5) is 18.0. The number of thioether (sulfide) groups is 1. The van der Waals surface area contributed by atoms with Crippen molar-refractivity contribution in [2.24, 2.45) is 0 Å². The number of thiazole rings is 1. The van der Waals surface area contributed by atoms with Gasteiger partial charge in [0.1, 0.15) is 0 Å². The first-order valence-electron chi connectivity index (χ1n) is 7.89. The number of benzene rings is 2. The standard InChI is InChI=1S/C19H16Cl2N2OS2/c1-12(15-7-6-13(20)8-17(15)21)23-19(24)16-4-2-3-5-18(16)26-10-14-9-25-11-22-14/h2-9,11-12H,10H2,1H3,(H,23,24)/t12-/m0/s1. The lowest BCUT2D eigenvalue weighted by atomic mass is 10.1. The summed E-state index contributed by atoms with van der Waals surface area (Å²) in [5.74, 6) is 0.594. The minimum absolute atomic E-state index is 0.134. The zero-order chi connectivity index (χ0) is 18.5. The van der Waals surface area contributed by atoms with Crippen molar-refractivity contribution in [3.63, 3.8) is 0 Å². The van der Waals surface area contributed by atoms with Crippen LogP contribution in [0.3, 0.4) is 0 Å². The van der Waals surface area contributed by atoms with Gasteiger partial charge in [0, 0.05) is 26.1 Å². The van der Waals surface area contributed by atoms with Crippen molar-refractivity contribution >= 4 is 52.2 Å². The van der Waals surface area contributed by atoms with Gasteiger partial charge in [0.25, 0.3) is 5.91 Å². The van der Waals surface area contributed by atoms with Gasteiger partial charge in [0.05, 0.1) is 22.8 Å². The van der Waals surface area contributed by atoms with Gasteiger partial charge in [-0.05, 0) is 36.8 Å². The molecule has 0 radical (unpaired) electrons. The smallest absolute Gasteiger partial charge is 0.252 e. The predicted octanol–water partition coefficient (Wildman–Crippen LogP) is 6.23. The second-order valence-corrected chi connectivity index (χ2v) is 8.21. The van der Waals surface area contributed by atoms with E-state index in [0.29, 0.717) is 15.6 Å². The van der Waals surface area contributed by atoms with Crippen LogP contribution in [-0.2, 0) is 5.75 Å². The van der Waals surface area contributed by atoms with Gasteiger partial charge in [-0.25, -0.2) is 4.98 Å². The summed E-state index contributed by atoms with van der Waals surface area (Å²) < 4.78 is 0. The van der Waals surface area contributed by atoms with Gasteiger partial charge < -0.3 is 5.32 Å². The molecule has 0 aliphatic heterocycles. The maximum absolute atomic E-state index is 12.8. The number of carbonyl (C=O) groups is 1. The number of hydrogen-bond donors (Lipinski definition) is 1. The van der Waals surface area contributed by atoms with Gasteiger partial charge in [0.15, 0.2) is 0 Å². The highest BCUT2D eigenvalue weighted by Crippen LogP contribution is 2.29. The normalized spacial score (nSPS) is 12.0. The predicted molar refractivity (Wildman–Crippen MR) is 110 cm³/mol. The molecule has 0 saturated heterocycles. The number of halogens is 2. The van der Waals surface area contributed by atoms with Gasteiger partial charge in [-0.2, -0.15) is 0 Å². The molecule has 0 aliphatic rings. The Hall–Kier alpha value is -1.53. The van der Waals surface area contributed by atoms with Gasteiger partial charge in [-0.15, -0.1) is 23.1 Å². The topological polar surface area (TPSA) is 42.0 Å². The van der Waals surface area contributed by atoms with Crippen LogP contribution in [0.4, 0.5) is 0 Å². The second kappa shape index (κ2) is 8.91. The Morgan fingerprint density at radius 2 is 2.08 bits per heavy atom. The lowest BCUT2D eigenvalue weighted by Crippen LogP contribution is -2.27. The molecule has 26 heavy (non-hydrogen) atoms. The average molecular weight is 423 g/mol. The van der Waals surface area contributed by atoms with Crippen LogP contribution in [0.2, 0.25) is 10.0 Å². The van der Waals surface area contributed by atoms with E-state index in [-0.39, 0.29) is 11.9 Å². The van der Waals surface area contributed by atoms with Gasteiger partial charge in [0.2, 0.25) is 0 Å². The third-order valence-corrected chi connectivity index (χ3v) is 6.07. The van der Waals surface area contributed by atoms with E-state index in [0.717, 1.165) is 21.9 Å². The van der Waals surface area contributed by atoms with Crippen molar-refractivity contribution in [3.05, 3.63) is 80.2 Å². The molecule has 0 unspecified atom stereocenters. The summed E-state index contributed by atoms with van der Waals surface area (Å²) >= 11 is 15.4. The second-order valence-electron chi connectivity index (χ2n) is 5.63. The lowest BCUT2D eigenvalue weighted by molar-refractivity contribution is 0.0937. The molecule has 3 nitrogen and oxygen atoms in total. The highest BCUT2D eigenvalue weighted by atomic mass is 35.5. The quantitative estimate of drug-likeness (QED) is 0.478. The summed E-state index contributed by atoms with van der Waals surface area (Å²) in [6.07, 6.45) is 0. The fourth-order valence-corrected chi connectivity index (χ4v) is 4.63. The fourth-order valence-electron chi connectivity index (χ4n) is 2.45. The molecule has 0 saturated carbocycles. The Kier molecular flexibility index (Phi) is 6.59. The third kappa shape index (κ3) is 4.80. The molecule has 2 aromatic carbocycles. The van der Waals surface area contributed by atoms with E-state index in [1.54, 1.807) is 35.2 Å². The Morgan fingerprint density at radius 3 is 2.81 bits per heavy atom. The zero-order valence-electron chi connectivity index (χ0n) is 13.9. The van der Waals surface area contributed by atoms with Crippen LogP contribution in [0, 0.1) is 0 Å². The van der Waals surface area contributed by atoms with Gasteiger partial charge in [-0.1, -0.05) is 41.4 Å². The van der Waals surface area contributed by atoms with Crippen LogP contribution >= 0.6 is 46.3 Å². The zero-order valence-corrected chi connectivity index (χ0v) is 17.1. The van der Waals surface area contributed by atoms with Gasteiger partial charge in [-0.3, -0.25) is 4.79 Å². The number of carbonyl (C=O) groups excluding carboxylic acids is 1. The number of nitrogens with one attached hydrogen (secondary N) is 1. The third-order valence-electron chi connectivity index (χ3n) is 3.77. The number of rotatable bonds is 6. The van der Waals surface area contributed by atoms with Gasteiger partial charge >= 0.3 is 0 Å². The Labute approximate surface area is 170 Å². The molecule has 1 aromatic heterocycles. The fraction of sp³-hybridized carbons (Fsp3) is 0.158. The summed E-state index contributed by atoms with van der Waals surface area (Å²) in [6, 6.07) is 12.6. The van der Waals surface area contributed by atoms with Crippen molar-refractivity contribution in [2.75, 3.05) is 0 Å².